The molecule has 0 spiro atoms. The lowest BCUT2D eigenvalue weighted by atomic mass is 10.1. The molecule has 2 nitrogen and oxygen atoms in total. The van der Waals surface area contributed by atoms with Crippen molar-refractivity contribution in [3.63, 3.8) is 0 Å². The summed E-state index contributed by atoms with van der Waals surface area (Å²) in [4.78, 5) is 0. The van der Waals surface area contributed by atoms with Gasteiger partial charge in [0, 0.05) is 0 Å². The molecule has 0 aliphatic rings. The molecule has 1 aromatic carbocycles. The van der Waals surface area contributed by atoms with E-state index in [4.69, 9.17) is 16.3 Å². The molecule has 0 aliphatic heterocycles. The molecule has 66 valence electrons. The quantitative estimate of drug-likeness (QED) is 0.732. The van der Waals surface area contributed by atoms with Crippen LogP contribution >= 0.6 is 11.6 Å². The maximum absolute atomic E-state index is 9.36. The van der Waals surface area contributed by atoms with Crippen molar-refractivity contribution in [3.8, 4) is 5.75 Å². The molecule has 0 radical (unpaired) electrons. The lowest BCUT2D eigenvalue weighted by Gasteiger charge is -2.07. The van der Waals surface area contributed by atoms with E-state index in [1.807, 2.05) is 18.2 Å². The average molecular weight is 187 g/mol. The number of halogens is 1. The molecule has 0 saturated carbocycles. The van der Waals surface area contributed by atoms with Crippen molar-refractivity contribution < 1.29 is 9.84 Å². The van der Waals surface area contributed by atoms with Gasteiger partial charge in [-0.15, -0.1) is 11.6 Å². The van der Waals surface area contributed by atoms with E-state index >= 15 is 0 Å². The average Bonchev–Trinajstić information content (AvgIpc) is 2.17. The van der Waals surface area contributed by atoms with Crippen molar-refractivity contribution in [1.82, 2.24) is 0 Å². The fourth-order valence-corrected chi connectivity index (χ4v) is 1.12. The number of rotatable bonds is 3. The molecule has 0 aliphatic carbocycles. The molecule has 0 unspecified atom stereocenters. The lowest BCUT2D eigenvalue weighted by molar-refractivity contribution is 0.202. The summed E-state index contributed by atoms with van der Waals surface area (Å²) in [5, 5.41) is 9.36. The second-order valence-corrected chi connectivity index (χ2v) is 2.76. The molecule has 1 N–H and O–H groups in total. The SMILES string of the molecule is COc1cccc([C@@H](O)CCl)c1. The first-order chi connectivity index (χ1) is 5.77. The Morgan fingerprint density at radius 3 is 2.92 bits per heavy atom. The van der Waals surface area contributed by atoms with E-state index in [0.29, 0.717) is 0 Å². The van der Waals surface area contributed by atoms with Crippen molar-refractivity contribution >= 4 is 11.6 Å². The first-order valence-corrected chi connectivity index (χ1v) is 4.19. The predicted molar refractivity (Wildman–Crippen MR) is 48.7 cm³/mol. The first-order valence-electron chi connectivity index (χ1n) is 3.66. The van der Waals surface area contributed by atoms with Crippen LogP contribution in [0.2, 0.25) is 0 Å². The van der Waals surface area contributed by atoms with Crippen molar-refractivity contribution in [2.75, 3.05) is 13.0 Å². The van der Waals surface area contributed by atoms with E-state index in [1.54, 1.807) is 13.2 Å². The van der Waals surface area contributed by atoms with Crippen LogP contribution in [0.5, 0.6) is 5.75 Å². The smallest absolute Gasteiger partial charge is 0.119 e. The molecule has 0 aromatic heterocycles. The first kappa shape index (κ1) is 9.36. The number of hydrogen-bond acceptors (Lipinski definition) is 2. The number of aliphatic hydroxyl groups excluding tert-OH is 1. The largest absolute Gasteiger partial charge is 0.497 e. The summed E-state index contributed by atoms with van der Waals surface area (Å²) >= 11 is 5.49. The number of ether oxygens (including phenoxy) is 1. The van der Waals surface area contributed by atoms with Crippen LogP contribution in [0.3, 0.4) is 0 Å². The molecule has 1 rings (SSSR count). The summed E-state index contributed by atoms with van der Waals surface area (Å²) in [6.45, 7) is 0. The minimum atomic E-state index is -0.609. The van der Waals surface area contributed by atoms with Gasteiger partial charge in [0.25, 0.3) is 0 Å². The topological polar surface area (TPSA) is 29.5 Å². The zero-order chi connectivity index (χ0) is 8.97. The highest BCUT2D eigenvalue weighted by Crippen LogP contribution is 2.19. The molecule has 12 heavy (non-hydrogen) atoms. The van der Waals surface area contributed by atoms with Gasteiger partial charge in [0.2, 0.25) is 0 Å². The number of alkyl halides is 1. The van der Waals surface area contributed by atoms with Gasteiger partial charge in [-0.05, 0) is 17.7 Å². The molecule has 0 heterocycles. The van der Waals surface area contributed by atoms with E-state index < -0.39 is 6.10 Å². The Hall–Kier alpha value is -0.730. The Labute approximate surface area is 76.7 Å². The van der Waals surface area contributed by atoms with Crippen LogP contribution < -0.4 is 4.74 Å². The molecular weight excluding hydrogens is 176 g/mol. The molecule has 0 fully saturated rings. The Morgan fingerprint density at radius 2 is 2.33 bits per heavy atom. The van der Waals surface area contributed by atoms with E-state index in [1.165, 1.54) is 0 Å². The molecule has 0 bridgehead atoms. The number of benzene rings is 1. The second-order valence-electron chi connectivity index (χ2n) is 2.45. The van der Waals surface area contributed by atoms with Crippen LogP contribution in [0.15, 0.2) is 24.3 Å². The van der Waals surface area contributed by atoms with Crippen molar-refractivity contribution in [3.05, 3.63) is 29.8 Å². The van der Waals surface area contributed by atoms with Gasteiger partial charge >= 0.3 is 0 Å². The summed E-state index contributed by atoms with van der Waals surface area (Å²) in [5.41, 5.74) is 0.782. The molecule has 0 saturated heterocycles. The predicted octanol–water partition coefficient (Wildman–Crippen LogP) is 1.97. The van der Waals surface area contributed by atoms with E-state index in [0.717, 1.165) is 11.3 Å². The maximum Gasteiger partial charge on any atom is 0.119 e. The normalized spacial score (nSPS) is 12.6. The highest BCUT2D eigenvalue weighted by atomic mass is 35.5. The Morgan fingerprint density at radius 1 is 1.58 bits per heavy atom. The Bertz CT molecular complexity index is 250. The van der Waals surface area contributed by atoms with Gasteiger partial charge in [0.1, 0.15) is 5.75 Å². The molecule has 1 atom stereocenters. The molecule has 3 heteroatoms. The van der Waals surface area contributed by atoms with E-state index in [-0.39, 0.29) is 5.88 Å². The van der Waals surface area contributed by atoms with Crippen LogP contribution in [-0.4, -0.2) is 18.1 Å². The third-order valence-corrected chi connectivity index (χ3v) is 1.92. The summed E-state index contributed by atoms with van der Waals surface area (Å²) in [6.07, 6.45) is -0.609. The third-order valence-electron chi connectivity index (χ3n) is 1.62. The fourth-order valence-electron chi connectivity index (χ4n) is 0.938. The number of aliphatic hydroxyl groups is 1. The minimum absolute atomic E-state index is 0.202. The molecule has 1 aromatic rings. The van der Waals surface area contributed by atoms with Crippen LogP contribution in [0.25, 0.3) is 0 Å². The van der Waals surface area contributed by atoms with Gasteiger partial charge < -0.3 is 9.84 Å². The summed E-state index contributed by atoms with van der Waals surface area (Å²) in [6, 6.07) is 7.23. The Balaban J connectivity index is 2.86. The van der Waals surface area contributed by atoms with Gasteiger partial charge in [0.15, 0.2) is 0 Å². The monoisotopic (exact) mass is 186 g/mol. The third kappa shape index (κ3) is 2.13. The van der Waals surface area contributed by atoms with Crippen LogP contribution in [-0.2, 0) is 0 Å². The summed E-state index contributed by atoms with van der Waals surface area (Å²) in [5.74, 6) is 0.935. The van der Waals surface area contributed by atoms with Gasteiger partial charge in [0.05, 0.1) is 19.1 Å². The zero-order valence-electron chi connectivity index (χ0n) is 6.83. The van der Waals surface area contributed by atoms with Crippen LogP contribution in [0.4, 0.5) is 0 Å². The fraction of sp³-hybridized carbons (Fsp3) is 0.333. The maximum atomic E-state index is 9.36. The number of hydrogen-bond donors (Lipinski definition) is 1. The highest BCUT2D eigenvalue weighted by Gasteiger charge is 2.05. The highest BCUT2D eigenvalue weighted by molar-refractivity contribution is 6.18. The molecule has 0 amide bonds. The van der Waals surface area contributed by atoms with Crippen molar-refractivity contribution in [1.29, 1.82) is 0 Å². The van der Waals surface area contributed by atoms with Gasteiger partial charge in [-0.3, -0.25) is 0 Å². The second kappa shape index (κ2) is 4.33. The van der Waals surface area contributed by atoms with E-state index in [2.05, 4.69) is 0 Å². The van der Waals surface area contributed by atoms with E-state index in [9.17, 15) is 5.11 Å². The Kier molecular flexibility index (Phi) is 3.38. The standard InChI is InChI=1S/C9H11ClO2/c1-12-8-4-2-3-7(5-8)9(11)6-10/h2-5,9,11H,6H2,1H3/t9-/m0/s1. The van der Waals surface area contributed by atoms with Gasteiger partial charge in [-0.1, -0.05) is 12.1 Å². The zero-order valence-corrected chi connectivity index (χ0v) is 7.58. The van der Waals surface area contributed by atoms with Crippen LogP contribution in [0, 0.1) is 0 Å². The van der Waals surface area contributed by atoms with Crippen molar-refractivity contribution in [2.45, 2.75) is 6.10 Å². The summed E-state index contributed by atoms with van der Waals surface area (Å²) < 4.78 is 5.00. The lowest BCUT2D eigenvalue weighted by Crippen LogP contribution is -1.98. The van der Waals surface area contributed by atoms with Gasteiger partial charge in [-0.2, -0.15) is 0 Å². The van der Waals surface area contributed by atoms with Crippen LogP contribution in [0.1, 0.15) is 11.7 Å². The number of methoxy groups -OCH3 is 1. The molecular formula is C9H11ClO2. The van der Waals surface area contributed by atoms with Crippen molar-refractivity contribution in [2.24, 2.45) is 0 Å². The van der Waals surface area contributed by atoms with Gasteiger partial charge in [-0.25, -0.2) is 0 Å². The summed E-state index contributed by atoms with van der Waals surface area (Å²) in [7, 11) is 1.59. The minimum Gasteiger partial charge on any atom is -0.497 e.